The van der Waals surface area contributed by atoms with Crippen LogP contribution in [-0.4, -0.2) is 62.0 Å². The van der Waals surface area contributed by atoms with Crippen molar-refractivity contribution in [3.63, 3.8) is 0 Å². The van der Waals surface area contributed by atoms with Crippen molar-refractivity contribution in [3.05, 3.63) is 71.8 Å². The van der Waals surface area contributed by atoms with Gasteiger partial charge in [0.15, 0.2) is 0 Å². The maximum Gasteiger partial charge on any atom is 0.0916 e. The van der Waals surface area contributed by atoms with E-state index in [1.54, 1.807) is 0 Å². The van der Waals surface area contributed by atoms with E-state index in [0.717, 1.165) is 19.6 Å². The molecule has 0 atom stereocenters. The molecule has 0 fully saturated rings. The Morgan fingerprint density at radius 2 is 1.00 bits per heavy atom. The van der Waals surface area contributed by atoms with Crippen LogP contribution in [0.5, 0.6) is 0 Å². The first-order valence-corrected chi connectivity index (χ1v) is 15.9. The van der Waals surface area contributed by atoms with Crippen LogP contribution in [0.15, 0.2) is 60.7 Å². The molecule has 3 nitrogen and oxygen atoms in total. The summed E-state index contributed by atoms with van der Waals surface area (Å²) in [6.45, 7) is 18.5. The summed E-state index contributed by atoms with van der Waals surface area (Å²) in [6.07, 6.45) is 11.5. The second-order valence-corrected chi connectivity index (χ2v) is 11.0. The molecule has 0 aromatic heterocycles. The van der Waals surface area contributed by atoms with Crippen molar-refractivity contribution in [1.82, 2.24) is 4.90 Å². The number of hydrogen-bond acceptors (Lipinski definition) is 2. The summed E-state index contributed by atoms with van der Waals surface area (Å²) in [5.41, 5.74) is 2.59. The molecule has 2 aromatic rings. The molecule has 0 saturated carbocycles. The van der Waals surface area contributed by atoms with Crippen molar-refractivity contribution in [2.24, 2.45) is 0 Å². The minimum absolute atomic E-state index is 0. The molecular formula is C35H60BrFN2O. The van der Waals surface area contributed by atoms with Crippen LogP contribution >= 0.6 is 0 Å². The second-order valence-electron chi connectivity index (χ2n) is 11.0. The van der Waals surface area contributed by atoms with Crippen LogP contribution in [-0.2, 0) is 17.8 Å². The monoisotopic (exact) mass is 622 g/mol. The van der Waals surface area contributed by atoms with E-state index in [0.29, 0.717) is 19.6 Å². The fourth-order valence-electron chi connectivity index (χ4n) is 4.99. The lowest BCUT2D eigenvalue weighted by atomic mass is 10.1. The lowest BCUT2D eigenvalue weighted by Crippen LogP contribution is -3.00. The van der Waals surface area contributed by atoms with Crippen molar-refractivity contribution in [2.45, 2.75) is 98.6 Å². The van der Waals surface area contributed by atoms with Crippen LogP contribution in [0.1, 0.15) is 96.6 Å². The minimum atomic E-state index is -0.308. The Hall–Kier alpha value is -1.27. The van der Waals surface area contributed by atoms with Gasteiger partial charge >= 0.3 is 0 Å². The van der Waals surface area contributed by atoms with Gasteiger partial charge in [-0.1, -0.05) is 114 Å². The zero-order valence-corrected chi connectivity index (χ0v) is 27.9. The maximum atomic E-state index is 12.1. The number of halogens is 2. The van der Waals surface area contributed by atoms with E-state index in [4.69, 9.17) is 4.74 Å². The molecule has 0 unspecified atom stereocenters. The molecule has 0 bridgehead atoms. The third-order valence-corrected chi connectivity index (χ3v) is 7.42. The predicted octanol–water partition coefficient (Wildman–Crippen LogP) is 6.07. The van der Waals surface area contributed by atoms with E-state index in [1.165, 1.54) is 93.2 Å². The minimum Gasteiger partial charge on any atom is -1.00 e. The Labute approximate surface area is 257 Å². The number of rotatable bonds is 22. The first kappa shape index (κ1) is 38.7. The van der Waals surface area contributed by atoms with E-state index in [1.807, 2.05) is 12.1 Å². The number of ether oxygens (including phenoxy) is 1. The first-order chi connectivity index (χ1) is 19.1. The molecule has 0 radical (unpaired) electrons. The van der Waals surface area contributed by atoms with Gasteiger partial charge in [0, 0.05) is 26.2 Å². The molecule has 0 heterocycles. The number of quaternary nitrogens is 1. The third kappa shape index (κ3) is 19.0. The van der Waals surface area contributed by atoms with Crippen LogP contribution in [0, 0.1) is 0 Å². The highest BCUT2D eigenvalue weighted by Crippen LogP contribution is 2.16. The van der Waals surface area contributed by atoms with Gasteiger partial charge in [-0.15, -0.1) is 0 Å². The molecule has 0 N–H and O–H groups in total. The van der Waals surface area contributed by atoms with Crippen LogP contribution in [0.4, 0.5) is 4.39 Å². The summed E-state index contributed by atoms with van der Waals surface area (Å²) in [4.78, 5) is 2.36. The lowest BCUT2D eigenvalue weighted by Gasteiger charge is -2.39. The second kappa shape index (κ2) is 26.6. The Morgan fingerprint density at radius 3 is 1.35 bits per heavy atom. The van der Waals surface area contributed by atoms with Crippen molar-refractivity contribution < 1.29 is 30.6 Å². The van der Waals surface area contributed by atoms with Gasteiger partial charge in [-0.05, 0) is 43.2 Å². The average Bonchev–Trinajstić information content (AvgIpc) is 2.97. The quantitative estimate of drug-likeness (QED) is 0.117. The highest BCUT2D eigenvalue weighted by Gasteiger charge is 2.24. The number of hydrogen-bond donors (Lipinski definition) is 0. The largest absolute Gasteiger partial charge is 1.00 e. The van der Waals surface area contributed by atoms with Crippen molar-refractivity contribution in [3.8, 4) is 0 Å². The molecule has 0 aliphatic carbocycles. The highest BCUT2D eigenvalue weighted by atomic mass is 79.9. The normalized spacial score (nSPS) is 11.2. The molecule has 2 rings (SSSR count). The standard InChI is InChI=1S/C19H24FNO.C16H36N.BrH/c20-12-7-14-22-15-13-21(16-18-8-3-1-4-9-18)17-19-10-5-2-6-11-19;1-5-9-13-17(14-10-6-2,15-11-7-3)16-12-8-4;/h1-6,8-11H,7,12-17H2;5-16H2,1-4H3;1H/q;+1;/p-1. The average molecular weight is 624 g/mol. The van der Waals surface area contributed by atoms with Crippen LogP contribution in [0.2, 0.25) is 0 Å². The summed E-state index contributed by atoms with van der Waals surface area (Å²) in [7, 11) is 0. The third-order valence-electron chi connectivity index (χ3n) is 7.42. The SMILES string of the molecule is CCCC[N+](CCCC)(CCCC)CCCC.FCCCOCCN(Cc1ccccc1)Cc1ccccc1.[Br-]. The molecule has 2 aromatic carbocycles. The van der Waals surface area contributed by atoms with Gasteiger partial charge in [-0.3, -0.25) is 9.29 Å². The van der Waals surface area contributed by atoms with E-state index in [9.17, 15) is 4.39 Å². The zero-order chi connectivity index (χ0) is 28.4. The predicted molar refractivity (Wildman–Crippen MR) is 168 cm³/mol. The van der Waals surface area contributed by atoms with E-state index in [2.05, 4.69) is 81.1 Å². The maximum absolute atomic E-state index is 12.1. The molecular weight excluding hydrogens is 563 g/mol. The molecule has 230 valence electrons. The Morgan fingerprint density at radius 1 is 0.600 bits per heavy atom. The van der Waals surface area contributed by atoms with Gasteiger partial charge in [-0.25, -0.2) is 0 Å². The smallest absolute Gasteiger partial charge is 0.0916 e. The molecule has 40 heavy (non-hydrogen) atoms. The number of unbranched alkanes of at least 4 members (excludes halogenated alkanes) is 4. The molecule has 0 aliphatic rings. The number of benzene rings is 2. The lowest BCUT2D eigenvalue weighted by molar-refractivity contribution is -0.929. The number of alkyl halides is 1. The Balaban J connectivity index is 0.000000770. The molecule has 0 amide bonds. The summed E-state index contributed by atoms with van der Waals surface area (Å²) in [6, 6.07) is 20.9. The van der Waals surface area contributed by atoms with E-state index >= 15 is 0 Å². The van der Waals surface area contributed by atoms with Gasteiger partial charge in [0.1, 0.15) is 0 Å². The molecule has 5 heteroatoms. The molecule has 0 saturated heterocycles. The van der Waals surface area contributed by atoms with Crippen LogP contribution < -0.4 is 17.0 Å². The van der Waals surface area contributed by atoms with Gasteiger partial charge in [-0.2, -0.15) is 0 Å². The summed E-state index contributed by atoms with van der Waals surface area (Å²) in [5.74, 6) is 0. The Bertz CT molecular complexity index is 698. The topological polar surface area (TPSA) is 12.5 Å². The van der Waals surface area contributed by atoms with Crippen LogP contribution in [0.25, 0.3) is 0 Å². The zero-order valence-electron chi connectivity index (χ0n) is 26.3. The van der Waals surface area contributed by atoms with Gasteiger partial charge in [0.05, 0.1) is 39.5 Å². The van der Waals surface area contributed by atoms with Gasteiger partial charge in [0.2, 0.25) is 0 Å². The summed E-state index contributed by atoms with van der Waals surface area (Å²) >= 11 is 0. The summed E-state index contributed by atoms with van der Waals surface area (Å²) < 4.78 is 19.0. The first-order valence-electron chi connectivity index (χ1n) is 15.9. The van der Waals surface area contributed by atoms with Crippen molar-refractivity contribution in [1.29, 1.82) is 0 Å². The summed E-state index contributed by atoms with van der Waals surface area (Å²) in [5, 5.41) is 0. The Kier molecular flexibility index (Phi) is 25.8. The number of nitrogens with zero attached hydrogens (tertiary/aromatic N) is 2. The fourth-order valence-corrected chi connectivity index (χ4v) is 4.99. The van der Waals surface area contributed by atoms with E-state index in [-0.39, 0.29) is 23.7 Å². The highest BCUT2D eigenvalue weighted by molar-refractivity contribution is 5.17. The molecule has 0 spiro atoms. The van der Waals surface area contributed by atoms with Crippen molar-refractivity contribution >= 4 is 0 Å². The van der Waals surface area contributed by atoms with Gasteiger partial charge < -0.3 is 26.2 Å². The van der Waals surface area contributed by atoms with Gasteiger partial charge in [0.25, 0.3) is 0 Å². The van der Waals surface area contributed by atoms with E-state index < -0.39 is 0 Å². The van der Waals surface area contributed by atoms with Crippen LogP contribution in [0.3, 0.4) is 0 Å². The van der Waals surface area contributed by atoms with Crippen molar-refractivity contribution in [2.75, 3.05) is 52.6 Å². The molecule has 0 aliphatic heterocycles. The fraction of sp³-hybridized carbons (Fsp3) is 0.657.